The molecule has 0 spiro atoms. The monoisotopic (exact) mass is 279 g/mol. The van der Waals surface area contributed by atoms with E-state index < -0.39 is 23.4 Å². The Balaban J connectivity index is 2.64. The van der Waals surface area contributed by atoms with Gasteiger partial charge in [0.2, 0.25) is 0 Å². The van der Waals surface area contributed by atoms with Gasteiger partial charge in [-0.3, -0.25) is 5.10 Å². The van der Waals surface area contributed by atoms with E-state index in [1.807, 2.05) is 0 Å². The summed E-state index contributed by atoms with van der Waals surface area (Å²) in [6.45, 7) is -1.10. The van der Waals surface area contributed by atoms with Crippen LogP contribution < -0.4 is 0 Å². The molecule has 0 saturated heterocycles. The van der Waals surface area contributed by atoms with E-state index in [1.54, 1.807) is 0 Å². The van der Waals surface area contributed by atoms with Gasteiger partial charge < -0.3 is 0 Å². The highest BCUT2D eigenvalue weighted by Gasteiger charge is 2.35. The van der Waals surface area contributed by atoms with E-state index in [2.05, 4.69) is 15.2 Å². The first kappa shape index (κ1) is 12.8. The second kappa shape index (κ2) is 4.56. The molecule has 96 valence electrons. The highest BCUT2D eigenvalue weighted by Crippen LogP contribution is 2.39. The Labute approximate surface area is 104 Å². The smallest absolute Gasteiger partial charge is 0.265 e. The molecular formula is C10H6ClF4N3. The minimum atomic E-state index is -4.66. The number of rotatable bonds is 2. The largest absolute Gasteiger partial charge is 0.417 e. The highest BCUT2D eigenvalue weighted by molar-refractivity contribution is 6.32. The van der Waals surface area contributed by atoms with Crippen molar-refractivity contribution in [3.8, 4) is 11.4 Å². The molecular weight excluding hydrogens is 274 g/mol. The van der Waals surface area contributed by atoms with Crippen LogP contribution in [0.15, 0.2) is 18.5 Å². The molecule has 18 heavy (non-hydrogen) atoms. The van der Waals surface area contributed by atoms with Crippen LogP contribution in [0, 0.1) is 0 Å². The van der Waals surface area contributed by atoms with Crippen LogP contribution in [0.2, 0.25) is 5.02 Å². The number of nitrogens with zero attached hydrogens (tertiary/aromatic N) is 2. The number of alkyl halides is 4. The number of hydrogen-bond acceptors (Lipinski definition) is 2. The molecule has 0 aliphatic heterocycles. The van der Waals surface area contributed by atoms with Crippen molar-refractivity contribution < 1.29 is 17.6 Å². The zero-order valence-corrected chi connectivity index (χ0v) is 9.48. The van der Waals surface area contributed by atoms with Crippen LogP contribution in [-0.2, 0) is 12.9 Å². The third-order valence-electron chi connectivity index (χ3n) is 2.27. The van der Waals surface area contributed by atoms with Crippen LogP contribution in [-0.4, -0.2) is 15.2 Å². The van der Waals surface area contributed by atoms with Gasteiger partial charge in [-0.25, -0.2) is 9.37 Å². The van der Waals surface area contributed by atoms with Crippen molar-refractivity contribution in [1.82, 2.24) is 15.2 Å². The average Bonchev–Trinajstić information content (AvgIpc) is 2.81. The SMILES string of the molecule is FCc1cc(-c2nc[nH]n2)cc(C(F)(F)F)c1Cl. The first-order chi connectivity index (χ1) is 8.43. The number of nitrogens with one attached hydrogen (secondary N) is 1. The molecule has 1 aromatic carbocycles. The first-order valence-corrected chi connectivity index (χ1v) is 5.13. The Hall–Kier alpha value is -1.63. The van der Waals surface area contributed by atoms with Gasteiger partial charge in [-0.2, -0.15) is 18.3 Å². The molecule has 0 fully saturated rings. The molecule has 3 nitrogen and oxygen atoms in total. The molecule has 0 amide bonds. The average molecular weight is 280 g/mol. The van der Waals surface area contributed by atoms with Crippen LogP contribution in [0.25, 0.3) is 11.4 Å². The summed E-state index contributed by atoms with van der Waals surface area (Å²) in [6, 6.07) is 1.99. The number of halogens is 5. The third-order valence-corrected chi connectivity index (χ3v) is 2.72. The fourth-order valence-electron chi connectivity index (χ4n) is 1.47. The maximum absolute atomic E-state index is 12.7. The molecule has 0 unspecified atom stereocenters. The summed E-state index contributed by atoms with van der Waals surface area (Å²) in [6.07, 6.45) is -3.44. The Morgan fingerprint density at radius 2 is 2.00 bits per heavy atom. The maximum atomic E-state index is 12.7. The number of hydrogen-bond donors (Lipinski definition) is 1. The number of benzene rings is 1. The first-order valence-electron chi connectivity index (χ1n) is 4.75. The van der Waals surface area contributed by atoms with Crippen molar-refractivity contribution in [3.05, 3.63) is 34.6 Å². The van der Waals surface area contributed by atoms with Gasteiger partial charge in [0.05, 0.1) is 10.6 Å². The molecule has 1 heterocycles. The van der Waals surface area contributed by atoms with Gasteiger partial charge in [0, 0.05) is 11.1 Å². The van der Waals surface area contributed by atoms with E-state index in [-0.39, 0.29) is 17.0 Å². The Morgan fingerprint density at radius 3 is 2.50 bits per heavy atom. The van der Waals surface area contributed by atoms with Crippen LogP contribution in [0.3, 0.4) is 0 Å². The Kier molecular flexibility index (Phi) is 3.25. The molecule has 0 aliphatic rings. The lowest BCUT2D eigenvalue weighted by Gasteiger charge is -2.12. The van der Waals surface area contributed by atoms with Gasteiger partial charge in [0.1, 0.15) is 13.0 Å². The molecule has 0 radical (unpaired) electrons. The van der Waals surface area contributed by atoms with Gasteiger partial charge in [-0.15, -0.1) is 0 Å². The fourth-order valence-corrected chi connectivity index (χ4v) is 1.73. The third kappa shape index (κ3) is 2.31. The van der Waals surface area contributed by atoms with Crippen molar-refractivity contribution in [2.24, 2.45) is 0 Å². The topological polar surface area (TPSA) is 41.6 Å². The second-order valence-electron chi connectivity index (χ2n) is 3.45. The molecule has 0 atom stereocenters. The van der Waals surface area contributed by atoms with Crippen molar-refractivity contribution in [2.45, 2.75) is 12.9 Å². The highest BCUT2D eigenvalue weighted by atomic mass is 35.5. The normalized spacial score (nSPS) is 11.8. The van der Waals surface area contributed by atoms with Gasteiger partial charge in [-0.1, -0.05) is 11.6 Å². The van der Waals surface area contributed by atoms with Gasteiger partial charge in [0.15, 0.2) is 5.82 Å². The zero-order chi connectivity index (χ0) is 13.3. The predicted molar refractivity (Wildman–Crippen MR) is 56.6 cm³/mol. The number of aromatic amines is 1. The van der Waals surface area contributed by atoms with E-state index in [1.165, 1.54) is 12.4 Å². The Morgan fingerprint density at radius 1 is 1.28 bits per heavy atom. The molecule has 2 rings (SSSR count). The summed E-state index contributed by atoms with van der Waals surface area (Å²) in [5.74, 6) is 0.0480. The van der Waals surface area contributed by atoms with E-state index >= 15 is 0 Å². The van der Waals surface area contributed by atoms with Crippen LogP contribution in [0.4, 0.5) is 17.6 Å². The van der Waals surface area contributed by atoms with Crippen molar-refractivity contribution in [2.75, 3.05) is 0 Å². The van der Waals surface area contributed by atoms with E-state index in [9.17, 15) is 17.6 Å². The van der Waals surface area contributed by atoms with Crippen LogP contribution >= 0.6 is 11.6 Å². The summed E-state index contributed by atoms with van der Waals surface area (Å²) in [5.41, 5.74) is -1.29. The standard InChI is InChI=1S/C10H6ClF4N3/c11-8-6(3-12)1-5(9-16-4-17-18-9)2-7(8)10(13,14)15/h1-2,4H,3H2,(H,16,17,18). The number of aromatic nitrogens is 3. The maximum Gasteiger partial charge on any atom is 0.417 e. The summed E-state index contributed by atoms with van der Waals surface area (Å²) >= 11 is 5.52. The fraction of sp³-hybridized carbons (Fsp3) is 0.200. The molecule has 2 aromatic rings. The lowest BCUT2D eigenvalue weighted by Crippen LogP contribution is -2.07. The minimum Gasteiger partial charge on any atom is -0.265 e. The summed E-state index contributed by atoms with van der Waals surface area (Å²) in [4.78, 5) is 3.72. The van der Waals surface area contributed by atoms with E-state index in [4.69, 9.17) is 11.6 Å². The number of H-pyrrole nitrogens is 1. The minimum absolute atomic E-state index is 0.0480. The molecule has 1 N–H and O–H groups in total. The van der Waals surface area contributed by atoms with Gasteiger partial charge in [-0.05, 0) is 12.1 Å². The van der Waals surface area contributed by atoms with Crippen LogP contribution in [0.1, 0.15) is 11.1 Å². The summed E-state index contributed by atoms with van der Waals surface area (Å²) in [5, 5.41) is 5.38. The molecule has 0 aliphatic carbocycles. The van der Waals surface area contributed by atoms with Crippen molar-refractivity contribution in [1.29, 1.82) is 0 Å². The zero-order valence-electron chi connectivity index (χ0n) is 8.72. The lowest BCUT2D eigenvalue weighted by molar-refractivity contribution is -0.137. The summed E-state index contributed by atoms with van der Waals surface area (Å²) < 4.78 is 50.9. The van der Waals surface area contributed by atoms with E-state index in [0.29, 0.717) is 0 Å². The molecule has 0 saturated carbocycles. The van der Waals surface area contributed by atoms with E-state index in [0.717, 1.165) is 6.07 Å². The molecule has 0 bridgehead atoms. The molecule has 8 heteroatoms. The Bertz CT molecular complexity index is 551. The summed E-state index contributed by atoms with van der Waals surface area (Å²) in [7, 11) is 0. The second-order valence-corrected chi connectivity index (χ2v) is 3.83. The molecule has 1 aromatic heterocycles. The lowest BCUT2D eigenvalue weighted by atomic mass is 10.1. The van der Waals surface area contributed by atoms with Gasteiger partial charge in [0.25, 0.3) is 0 Å². The van der Waals surface area contributed by atoms with Gasteiger partial charge >= 0.3 is 6.18 Å². The van der Waals surface area contributed by atoms with Crippen molar-refractivity contribution in [3.63, 3.8) is 0 Å². The van der Waals surface area contributed by atoms with Crippen LogP contribution in [0.5, 0.6) is 0 Å². The quantitative estimate of drug-likeness (QED) is 0.853. The predicted octanol–water partition coefficient (Wildman–Crippen LogP) is 3.61. The van der Waals surface area contributed by atoms with Crippen molar-refractivity contribution >= 4 is 11.6 Å².